The van der Waals surface area contributed by atoms with Crippen LogP contribution in [0.15, 0.2) is 40.4 Å². The van der Waals surface area contributed by atoms with Crippen LogP contribution >= 0.6 is 11.8 Å². The fourth-order valence-corrected chi connectivity index (χ4v) is 2.98. The maximum absolute atomic E-state index is 13.0. The summed E-state index contributed by atoms with van der Waals surface area (Å²) in [6.45, 7) is 0. The van der Waals surface area contributed by atoms with Crippen molar-refractivity contribution in [3.05, 3.63) is 40.8 Å². The molecule has 3 heterocycles. The van der Waals surface area contributed by atoms with Gasteiger partial charge in [-0.1, -0.05) is 11.8 Å². The van der Waals surface area contributed by atoms with Crippen molar-refractivity contribution in [1.82, 2.24) is 29.4 Å². The molecule has 10 heteroatoms. The first-order valence-electron chi connectivity index (χ1n) is 7.57. The Morgan fingerprint density at radius 2 is 1.96 bits per heavy atom. The topological polar surface area (TPSA) is 96.4 Å². The molecule has 0 unspecified atom stereocenters. The Labute approximate surface area is 151 Å². The molecule has 0 radical (unpaired) electrons. The second-order valence-corrected chi connectivity index (χ2v) is 6.05. The molecule has 0 bridgehead atoms. The fourth-order valence-electron chi connectivity index (χ4n) is 2.65. The summed E-state index contributed by atoms with van der Waals surface area (Å²) >= 11 is 1.39. The van der Waals surface area contributed by atoms with E-state index in [-0.39, 0.29) is 11.1 Å². The van der Waals surface area contributed by atoms with Crippen LogP contribution < -0.4 is 15.0 Å². The van der Waals surface area contributed by atoms with Gasteiger partial charge in [0.2, 0.25) is 5.16 Å². The maximum Gasteiger partial charge on any atom is 0.285 e. The minimum Gasteiger partial charge on any atom is -0.497 e. The van der Waals surface area contributed by atoms with Crippen molar-refractivity contribution in [2.75, 3.05) is 20.5 Å². The minimum atomic E-state index is -0.332. The van der Waals surface area contributed by atoms with Crippen molar-refractivity contribution in [2.24, 2.45) is 0 Å². The predicted octanol–water partition coefficient (Wildman–Crippen LogP) is 1.56. The fraction of sp³-hybridized carbons (Fsp3) is 0.188. The molecule has 0 saturated carbocycles. The van der Waals surface area contributed by atoms with Crippen LogP contribution in [0.25, 0.3) is 22.5 Å². The zero-order valence-electron chi connectivity index (χ0n) is 14.2. The molecule has 0 N–H and O–H groups in total. The zero-order chi connectivity index (χ0) is 18.3. The summed E-state index contributed by atoms with van der Waals surface area (Å²) in [4.78, 5) is 17.2. The average molecular weight is 370 g/mol. The Balaban J connectivity index is 1.97. The van der Waals surface area contributed by atoms with Gasteiger partial charge in [-0.25, -0.2) is 0 Å². The van der Waals surface area contributed by atoms with Crippen LogP contribution in [0.1, 0.15) is 0 Å². The first-order valence-corrected chi connectivity index (χ1v) is 8.80. The molecule has 1 aromatic carbocycles. The number of benzene rings is 1. The lowest BCUT2D eigenvalue weighted by atomic mass is 10.2. The lowest BCUT2D eigenvalue weighted by Gasteiger charge is -2.12. The van der Waals surface area contributed by atoms with Gasteiger partial charge in [-0.05, 0) is 24.5 Å². The van der Waals surface area contributed by atoms with E-state index in [0.717, 1.165) is 0 Å². The lowest BCUT2D eigenvalue weighted by molar-refractivity contribution is 0.393. The Morgan fingerprint density at radius 3 is 2.69 bits per heavy atom. The van der Waals surface area contributed by atoms with Crippen molar-refractivity contribution >= 4 is 28.6 Å². The number of aromatic nitrogens is 6. The monoisotopic (exact) mass is 370 g/mol. The number of nitrogens with zero attached hydrogens (tertiary/aromatic N) is 6. The SMILES string of the molecule is COc1ccc(-n2ccc3c(nnc4nc(SC)nn43)c2=O)c(OC)c1. The molecule has 0 amide bonds. The normalized spacial score (nSPS) is 11.2. The van der Waals surface area contributed by atoms with Crippen LogP contribution in [-0.2, 0) is 0 Å². The van der Waals surface area contributed by atoms with Crippen molar-refractivity contribution < 1.29 is 9.47 Å². The highest BCUT2D eigenvalue weighted by Gasteiger charge is 2.15. The Hall–Kier alpha value is -3.14. The third-order valence-electron chi connectivity index (χ3n) is 3.91. The Bertz CT molecular complexity index is 1190. The Kier molecular flexibility index (Phi) is 3.96. The molecular weight excluding hydrogens is 356 g/mol. The molecule has 0 aliphatic rings. The van der Waals surface area contributed by atoms with Gasteiger partial charge in [0.05, 0.1) is 19.9 Å². The van der Waals surface area contributed by atoms with Gasteiger partial charge in [-0.3, -0.25) is 9.36 Å². The summed E-state index contributed by atoms with van der Waals surface area (Å²) in [6, 6.07) is 6.97. The lowest BCUT2D eigenvalue weighted by Crippen LogP contribution is -2.20. The zero-order valence-corrected chi connectivity index (χ0v) is 15.0. The molecule has 0 fully saturated rings. The van der Waals surface area contributed by atoms with Crippen molar-refractivity contribution in [2.45, 2.75) is 5.16 Å². The van der Waals surface area contributed by atoms with E-state index in [0.29, 0.717) is 33.6 Å². The van der Waals surface area contributed by atoms with Gasteiger partial charge in [0, 0.05) is 12.3 Å². The van der Waals surface area contributed by atoms with Crippen LogP contribution in [0.4, 0.5) is 0 Å². The molecule has 0 atom stereocenters. The Morgan fingerprint density at radius 1 is 1.12 bits per heavy atom. The van der Waals surface area contributed by atoms with Gasteiger partial charge in [0.1, 0.15) is 17.0 Å². The number of pyridine rings is 1. The summed E-state index contributed by atoms with van der Waals surface area (Å²) in [5.41, 5.74) is 0.971. The largest absolute Gasteiger partial charge is 0.497 e. The van der Waals surface area contributed by atoms with Gasteiger partial charge in [0.25, 0.3) is 11.3 Å². The molecule has 4 aromatic rings. The maximum atomic E-state index is 13.0. The first-order chi connectivity index (χ1) is 12.7. The average Bonchev–Trinajstić information content (AvgIpc) is 3.11. The quantitative estimate of drug-likeness (QED) is 0.499. The van der Waals surface area contributed by atoms with Crippen molar-refractivity contribution in [3.63, 3.8) is 0 Å². The summed E-state index contributed by atoms with van der Waals surface area (Å²) in [5, 5.41) is 13.0. The molecule has 132 valence electrons. The number of fused-ring (bicyclic) bond motifs is 3. The van der Waals surface area contributed by atoms with Gasteiger partial charge < -0.3 is 9.47 Å². The predicted molar refractivity (Wildman–Crippen MR) is 96.6 cm³/mol. The number of methoxy groups -OCH3 is 2. The molecule has 0 saturated heterocycles. The van der Waals surface area contributed by atoms with Gasteiger partial charge in [-0.2, -0.15) is 9.50 Å². The van der Waals surface area contributed by atoms with Gasteiger partial charge >= 0.3 is 0 Å². The second-order valence-electron chi connectivity index (χ2n) is 5.27. The molecule has 4 rings (SSSR count). The summed E-state index contributed by atoms with van der Waals surface area (Å²) in [6.07, 6.45) is 3.52. The number of hydrogen-bond donors (Lipinski definition) is 0. The van der Waals surface area contributed by atoms with E-state index in [1.165, 1.54) is 28.0 Å². The molecular formula is C16H14N6O3S. The van der Waals surface area contributed by atoms with Crippen LogP contribution in [-0.4, -0.2) is 49.8 Å². The highest BCUT2D eigenvalue weighted by molar-refractivity contribution is 7.98. The van der Waals surface area contributed by atoms with E-state index in [4.69, 9.17) is 9.47 Å². The second kappa shape index (κ2) is 6.30. The van der Waals surface area contributed by atoms with Gasteiger partial charge in [0.15, 0.2) is 5.52 Å². The smallest absolute Gasteiger partial charge is 0.285 e. The molecule has 3 aromatic heterocycles. The number of thioether (sulfide) groups is 1. The van der Waals surface area contributed by atoms with E-state index >= 15 is 0 Å². The van der Waals surface area contributed by atoms with Crippen LogP contribution in [0.3, 0.4) is 0 Å². The van der Waals surface area contributed by atoms with E-state index in [2.05, 4.69) is 20.3 Å². The van der Waals surface area contributed by atoms with Gasteiger partial charge in [-0.15, -0.1) is 15.3 Å². The first kappa shape index (κ1) is 16.3. The van der Waals surface area contributed by atoms with Crippen LogP contribution in [0.5, 0.6) is 11.5 Å². The molecule has 0 spiro atoms. The molecule has 9 nitrogen and oxygen atoms in total. The number of ether oxygens (including phenoxy) is 2. The third-order valence-corrected chi connectivity index (χ3v) is 4.45. The standard InChI is InChI=1S/C16H14N6O3S/c1-24-9-4-5-10(12(8-9)25-2)21-7-6-11-13(14(21)23)18-19-15-17-16(26-3)20-22(11)15/h4-8H,1-3H3. The highest BCUT2D eigenvalue weighted by atomic mass is 32.2. The van der Waals surface area contributed by atoms with E-state index in [1.54, 1.807) is 37.6 Å². The molecule has 26 heavy (non-hydrogen) atoms. The summed E-state index contributed by atoms with van der Waals surface area (Å²) in [5.74, 6) is 1.49. The van der Waals surface area contributed by atoms with Crippen LogP contribution in [0, 0.1) is 0 Å². The van der Waals surface area contributed by atoms with Crippen molar-refractivity contribution in [3.8, 4) is 17.2 Å². The summed E-state index contributed by atoms with van der Waals surface area (Å²) in [7, 11) is 3.10. The van der Waals surface area contributed by atoms with Crippen LogP contribution in [0.2, 0.25) is 0 Å². The number of rotatable bonds is 4. The molecule has 0 aliphatic carbocycles. The third kappa shape index (κ3) is 2.46. The number of hydrogen-bond acceptors (Lipinski definition) is 8. The van der Waals surface area contributed by atoms with Crippen molar-refractivity contribution in [1.29, 1.82) is 0 Å². The van der Waals surface area contributed by atoms with E-state index in [1.807, 2.05) is 6.26 Å². The minimum absolute atomic E-state index is 0.190. The molecule has 0 aliphatic heterocycles. The van der Waals surface area contributed by atoms with E-state index in [9.17, 15) is 4.79 Å². The highest BCUT2D eigenvalue weighted by Crippen LogP contribution is 2.27. The summed E-state index contributed by atoms with van der Waals surface area (Å²) < 4.78 is 13.6. The van der Waals surface area contributed by atoms with E-state index < -0.39 is 0 Å².